The van der Waals surface area contributed by atoms with Gasteiger partial charge in [-0.25, -0.2) is 0 Å². The molecule has 1 aromatic carbocycles. The molecule has 4 rings (SSSR count). The van der Waals surface area contributed by atoms with E-state index in [0.717, 1.165) is 12.8 Å². The Labute approximate surface area is 201 Å². The standard InChI is InChI=1S/C27H34N4O3/c1-16(2)12-22-25(32)30-23(21-13-18-8-5-6-9-19(18)14-21)27(34)31(22)24(26(33)29-17(3)4)20-10-7-11-28-15-20/h5-11,15-17,21-24H,12-14H2,1-4H3,(H,29,33)(H,30,32)/t22-,23-,24?/m1/s1. The molecule has 3 atom stereocenters. The lowest BCUT2D eigenvalue weighted by atomic mass is 9.88. The first-order chi connectivity index (χ1) is 16.3. The number of amides is 3. The summed E-state index contributed by atoms with van der Waals surface area (Å²) in [6, 6.07) is 9.28. The van der Waals surface area contributed by atoms with Gasteiger partial charge >= 0.3 is 0 Å². The molecule has 1 saturated heterocycles. The highest BCUT2D eigenvalue weighted by atomic mass is 16.2. The van der Waals surface area contributed by atoms with Gasteiger partial charge in [0, 0.05) is 24.0 Å². The average Bonchev–Trinajstić information content (AvgIpc) is 3.22. The predicted octanol–water partition coefficient (Wildman–Crippen LogP) is 2.80. The molecule has 1 aromatic heterocycles. The molecule has 7 heteroatoms. The Hall–Kier alpha value is -3.22. The molecule has 0 bridgehead atoms. The largest absolute Gasteiger partial charge is 0.352 e. The van der Waals surface area contributed by atoms with Crippen LogP contribution in [0.5, 0.6) is 0 Å². The van der Waals surface area contributed by atoms with E-state index < -0.39 is 18.1 Å². The Bertz CT molecular complexity index is 1030. The number of carbonyl (C=O) groups is 3. The van der Waals surface area contributed by atoms with Crippen LogP contribution in [0, 0.1) is 11.8 Å². The van der Waals surface area contributed by atoms with Crippen LogP contribution in [-0.4, -0.2) is 45.7 Å². The number of nitrogens with one attached hydrogen (secondary N) is 2. The van der Waals surface area contributed by atoms with E-state index in [1.54, 1.807) is 29.4 Å². The first-order valence-corrected chi connectivity index (χ1v) is 12.2. The van der Waals surface area contributed by atoms with Gasteiger partial charge in [0.05, 0.1) is 0 Å². The summed E-state index contributed by atoms with van der Waals surface area (Å²) in [5.41, 5.74) is 3.03. The molecular formula is C27H34N4O3. The maximum absolute atomic E-state index is 14.1. The monoisotopic (exact) mass is 462 g/mol. The Morgan fingerprint density at radius 1 is 1.09 bits per heavy atom. The van der Waals surface area contributed by atoms with Gasteiger partial charge in [-0.05, 0) is 62.1 Å². The van der Waals surface area contributed by atoms with Crippen molar-refractivity contribution in [3.05, 3.63) is 65.5 Å². The van der Waals surface area contributed by atoms with Gasteiger partial charge in [-0.3, -0.25) is 19.4 Å². The number of rotatable bonds is 7. The van der Waals surface area contributed by atoms with Crippen molar-refractivity contribution in [1.29, 1.82) is 0 Å². The normalized spacial score (nSPS) is 21.5. The summed E-state index contributed by atoms with van der Waals surface area (Å²) in [6.45, 7) is 7.80. The van der Waals surface area contributed by atoms with E-state index >= 15 is 0 Å². The zero-order valence-corrected chi connectivity index (χ0v) is 20.3. The third-order valence-corrected chi connectivity index (χ3v) is 6.66. The van der Waals surface area contributed by atoms with E-state index in [9.17, 15) is 14.4 Å². The molecule has 2 aromatic rings. The Morgan fingerprint density at radius 2 is 1.76 bits per heavy atom. The number of aromatic nitrogens is 1. The Kier molecular flexibility index (Phi) is 7.00. The van der Waals surface area contributed by atoms with Crippen molar-refractivity contribution in [3.63, 3.8) is 0 Å². The van der Waals surface area contributed by atoms with Crippen LogP contribution in [0.15, 0.2) is 48.8 Å². The molecule has 3 amide bonds. The molecule has 7 nitrogen and oxygen atoms in total. The second-order valence-corrected chi connectivity index (χ2v) is 10.2. The van der Waals surface area contributed by atoms with Crippen molar-refractivity contribution in [3.8, 4) is 0 Å². The van der Waals surface area contributed by atoms with Crippen molar-refractivity contribution in [2.45, 2.75) is 71.1 Å². The van der Waals surface area contributed by atoms with Crippen molar-refractivity contribution < 1.29 is 14.4 Å². The summed E-state index contributed by atoms with van der Waals surface area (Å²) in [4.78, 5) is 46.8. The van der Waals surface area contributed by atoms with E-state index in [4.69, 9.17) is 0 Å². The summed E-state index contributed by atoms with van der Waals surface area (Å²) in [6.07, 6.45) is 5.17. The minimum atomic E-state index is -0.926. The number of carbonyl (C=O) groups excluding carboxylic acids is 3. The van der Waals surface area contributed by atoms with Gasteiger partial charge in [0.1, 0.15) is 18.1 Å². The number of nitrogens with zero attached hydrogens (tertiary/aromatic N) is 2. The fourth-order valence-corrected chi connectivity index (χ4v) is 5.21. The lowest BCUT2D eigenvalue weighted by molar-refractivity contribution is -0.158. The quantitative estimate of drug-likeness (QED) is 0.662. The maximum atomic E-state index is 14.1. The van der Waals surface area contributed by atoms with E-state index in [1.165, 1.54) is 11.1 Å². The number of fused-ring (bicyclic) bond motifs is 1. The van der Waals surface area contributed by atoms with Crippen LogP contribution >= 0.6 is 0 Å². The summed E-state index contributed by atoms with van der Waals surface area (Å²) in [5.74, 6) is -0.565. The molecular weight excluding hydrogens is 428 g/mol. The lowest BCUT2D eigenvalue weighted by Crippen LogP contribution is -2.67. The predicted molar refractivity (Wildman–Crippen MR) is 130 cm³/mol. The smallest absolute Gasteiger partial charge is 0.247 e. The lowest BCUT2D eigenvalue weighted by Gasteiger charge is -2.44. The van der Waals surface area contributed by atoms with Gasteiger partial charge in [-0.15, -0.1) is 0 Å². The van der Waals surface area contributed by atoms with Crippen LogP contribution in [0.2, 0.25) is 0 Å². The highest BCUT2D eigenvalue weighted by Crippen LogP contribution is 2.35. The molecule has 2 heterocycles. The molecule has 2 N–H and O–H groups in total. The van der Waals surface area contributed by atoms with E-state index in [1.807, 2.05) is 39.8 Å². The Morgan fingerprint density at radius 3 is 2.32 bits per heavy atom. The summed E-state index contributed by atoms with van der Waals surface area (Å²) in [7, 11) is 0. The van der Waals surface area contributed by atoms with E-state index in [2.05, 4.69) is 27.8 Å². The number of benzene rings is 1. The number of hydrogen-bond donors (Lipinski definition) is 2. The molecule has 0 spiro atoms. The molecule has 1 unspecified atom stereocenters. The zero-order valence-electron chi connectivity index (χ0n) is 20.3. The van der Waals surface area contributed by atoms with Crippen LogP contribution in [-0.2, 0) is 27.2 Å². The van der Waals surface area contributed by atoms with Crippen LogP contribution in [0.1, 0.15) is 56.8 Å². The van der Waals surface area contributed by atoms with Gasteiger partial charge < -0.3 is 15.5 Å². The zero-order chi connectivity index (χ0) is 24.4. The molecule has 1 aliphatic heterocycles. The van der Waals surface area contributed by atoms with Gasteiger partial charge in [-0.1, -0.05) is 44.2 Å². The van der Waals surface area contributed by atoms with Gasteiger partial charge in [0.15, 0.2) is 0 Å². The molecule has 0 radical (unpaired) electrons. The minimum absolute atomic E-state index is 0.0425. The number of hydrogen-bond acceptors (Lipinski definition) is 4. The second-order valence-electron chi connectivity index (χ2n) is 10.2. The summed E-state index contributed by atoms with van der Waals surface area (Å²) >= 11 is 0. The third kappa shape index (κ3) is 4.83. The SMILES string of the molecule is CC(C)C[C@@H]1C(=O)N[C@H](C2Cc3ccccc3C2)C(=O)N1C(C(=O)NC(C)C)c1cccnc1. The summed E-state index contributed by atoms with van der Waals surface area (Å²) in [5, 5.41) is 5.99. The molecule has 1 fully saturated rings. The molecule has 2 aliphatic rings. The van der Waals surface area contributed by atoms with Crippen molar-refractivity contribution in [1.82, 2.24) is 20.5 Å². The molecule has 1 aliphatic carbocycles. The first-order valence-electron chi connectivity index (χ1n) is 12.2. The maximum Gasteiger partial charge on any atom is 0.247 e. The van der Waals surface area contributed by atoms with Crippen molar-refractivity contribution in [2.24, 2.45) is 11.8 Å². The molecule has 0 saturated carbocycles. The Balaban J connectivity index is 1.73. The topological polar surface area (TPSA) is 91.4 Å². The number of pyridine rings is 1. The second kappa shape index (κ2) is 9.95. The van der Waals surface area contributed by atoms with Crippen LogP contribution in [0.25, 0.3) is 0 Å². The minimum Gasteiger partial charge on any atom is -0.352 e. The highest BCUT2D eigenvalue weighted by Gasteiger charge is 2.49. The van der Waals surface area contributed by atoms with Gasteiger partial charge in [-0.2, -0.15) is 0 Å². The van der Waals surface area contributed by atoms with Crippen molar-refractivity contribution >= 4 is 17.7 Å². The van der Waals surface area contributed by atoms with Gasteiger partial charge in [0.2, 0.25) is 17.7 Å². The highest BCUT2D eigenvalue weighted by molar-refractivity contribution is 6.00. The first kappa shape index (κ1) is 23.9. The van der Waals surface area contributed by atoms with Crippen LogP contribution in [0.3, 0.4) is 0 Å². The number of piperazine rings is 1. The van der Waals surface area contributed by atoms with Crippen LogP contribution in [0.4, 0.5) is 0 Å². The molecule has 34 heavy (non-hydrogen) atoms. The van der Waals surface area contributed by atoms with Gasteiger partial charge in [0.25, 0.3) is 0 Å². The fourth-order valence-electron chi connectivity index (χ4n) is 5.21. The van der Waals surface area contributed by atoms with E-state index in [0.29, 0.717) is 12.0 Å². The van der Waals surface area contributed by atoms with Crippen LogP contribution < -0.4 is 10.6 Å². The average molecular weight is 463 g/mol. The molecule has 180 valence electrons. The van der Waals surface area contributed by atoms with E-state index in [-0.39, 0.29) is 35.6 Å². The fraction of sp³-hybridized carbons (Fsp3) is 0.481. The third-order valence-electron chi connectivity index (χ3n) is 6.66. The summed E-state index contributed by atoms with van der Waals surface area (Å²) < 4.78 is 0. The van der Waals surface area contributed by atoms with Crippen molar-refractivity contribution in [2.75, 3.05) is 0 Å².